The highest BCUT2D eigenvalue weighted by molar-refractivity contribution is 6.27. The third kappa shape index (κ3) is 4.77. The first kappa shape index (κ1) is 22.1. The van der Waals surface area contributed by atoms with Gasteiger partial charge in [0.2, 0.25) is 5.91 Å². The fraction of sp³-hybridized carbons (Fsp3) is 0.500. The summed E-state index contributed by atoms with van der Waals surface area (Å²) in [6.45, 7) is 2.66. The van der Waals surface area contributed by atoms with Crippen LogP contribution in [0.3, 0.4) is 0 Å². The molecule has 0 radical (unpaired) electrons. The molecule has 2 aromatic rings. The number of anilines is 1. The number of hydrogen-bond acceptors (Lipinski definition) is 5. The van der Waals surface area contributed by atoms with Crippen LogP contribution in [0.4, 0.5) is 5.69 Å². The Morgan fingerprint density at radius 3 is 2.63 bits per heavy atom. The standard InChI is InChI=1S/C22H28ClN5O2/c1-26(2)10-5-11-28-19-7-4-3-6-17(19)21(18(15-24)22(28)30)25-16-8-12-27(13-9-16)20(29)14-23/h3-4,6-7,16,25H,5,8-14H2,1-2H3. The van der Waals surface area contributed by atoms with Gasteiger partial charge in [0.05, 0.1) is 11.2 Å². The average molecular weight is 430 g/mol. The van der Waals surface area contributed by atoms with Crippen molar-refractivity contribution in [2.45, 2.75) is 31.8 Å². The SMILES string of the molecule is CN(C)CCCn1c(=O)c(C#N)c(NC2CCN(C(=O)CCl)CC2)c2ccccc21. The normalized spacial score (nSPS) is 14.8. The molecule has 1 aromatic carbocycles. The van der Waals surface area contributed by atoms with E-state index in [2.05, 4.69) is 16.3 Å². The molecule has 1 amide bonds. The number of nitrogens with one attached hydrogen (secondary N) is 1. The zero-order valence-electron chi connectivity index (χ0n) is 17.5. The van der Waals surface area contributed by atoms with E-state index in [1.165, 1.54) is 0 Å². The molecule has 0 saturated carbocycles. The van der Waals surface area contributed by atoms with Gasteiger partial charge >= 0.3 is 0 Å². The minimum Gasteiger partial charge on any atom is -0.380 e. The highest BCUT2D eigenvalue weighted by Gasteiger charge is 2.24. The molecule has 7 nitrogen and oxygen atoms in total. The van der Waals surface area contributed by atoms with Gasteiger partial charge in [-0.05, 0) is 46.0 Å². The van der Waals surface area contributed by atoms with Crippen molar-refractivity contribution in [2.24, 2.45) is 0 Å². The van der Waals surface area contributed by atoms with Gasteiger partial charge in [0.25, 0.3) is 5.56 Å². The van der Waals surface area contributed by atoms with Gasteiger partial charge in [0, 0.05) is 31.1 Å². The van der Waals surface area contributed by atoms with E-state index in [0.29, 0.717) is 25.3 Å². The molecular formula is C22H28ClN5O2. The quantitative estimate of drug-likeness (QED) is 0.684. The molecule has 0 bridgehead atoms. The van der Waals surface area contributed by atoms with E-state index < -0.39 is 0 Å². The molecule has 1 aliphatic rings. The predicted molar refractivity (Wildman–Crippen MR) is 120 cm³/mol. The molecule has 2 heterocycles. The molecule has 1 aliphatic heterocycles. The van der Waals surface area contributed by atoms with E-state index in [0.717, 1.165) is 36.7 Å². The van der Waals surface area contributed by atoms with Gasteiger partial charge in [-0.25, -0.2) is 0 Å². The molecule has 0 atom stereocenters. The van der Waals surface area contributed by atoms with Gasteiger partial charge < -0.3 is 19.7 Å². The number of carbonyl (C=O) groups is 1. The summed E-state index contributed by atoms with van der Waals surface area (Å²) in [6, 6.07) is 9.94. The summed E-state index contributed by atoms with van der Waals surface area (Å²) in [7, 11) is 4.00. The van der Waals surface area contributed by atoms with Crippen LogP contribution < -0.4 is 10.9 Å². The minimum absolute atomic E-state index is 0.00658. The minimum atomic E-state index is -0.257. The first-order valence-corrected chi connectivity index (χ1v) is 10.8. The van der Waals surface area contributed by atoms with Crippen LogP contribution in [0, 0.1) is 11.3 Å². The molecule has 1 aromatic heterocycles. The number of halogens is 1. The number of benzene rings is 1. The number of carbonyl (C=O) groups excluding carboxylic acids is 1. The molecule has 1 N–H and O–H groups in total. The van der Waals surface area contributed by atoms with Crippen molar-refractivity contribution in [1.29, 1.82) is 5.26 Å². The van der Waals surface area contributed by atoms with Crippen LogP contribution in [0.25, 0.3) is 10.9 Å². The van der Waals surface area contributed by atoms with E-state index in [1.807, 2.05) is 38.4 Å². The number of aromatic nitrogens is 1. The van der Waals surface area contributed by atoms with Gasteiger partial charge in [-0.3, -0.25) is 9.59 Å². The lowest BCUT2D eigenvalue weighted by Gasteiger charge is -2.33. The van der Waals surface area contributed by atoms with Gasteiger partial charge in [-0.2, -0.15) is 5.26 Å². The molecule has 0 aliphatic carbocycles. The zero-order chi connectivity index (χ0) is 21.7. The number of pyridine rings is 1. The van der Waals surface area contributed by atoms with Gasteiger partial charge in [-0.1, -0.05) is 18.2 Å². The topological polar surface area (TPSA) is 81.4 Å². The number of amides is 1. The molecule has 3 rings (SSSR count). The fourth-order valence-corrected chi connectivity index (χ4v) is 4.16. The maximum absolute atomic E-state index is 13.2. The van der Waals surface area contributed by atoms with E-state index in [9.17, 15) is 14.9 Å². The van der Waals surface area contributed by atoms with E-state index in [4.69, 9.17) is 11.6 Å². The number of fused-ring (bicyclic) bond motifs is 1. The number of aryl methyl sites for hydroxylation is 1. The number of nitriles is 1. The molecule has 1 fully saturated rings. The molecule has 30 heavy (non-hydrogen) atoms. The summed E-state index contributed by atoms with van der Waals surface area (Å²) in [5.74, 6) is -0.0634. The van der Waals surface area contributed by atoms with Crippen molar-refractivity contribution in [1.82, 2.24) is 14.4 Å². The molecule has 160 valence electrons. The first-order chi connectivity index (χ1) is 14.5. The van der Waals surface area contributed by atoms with Crippen LogP contribution in [-0.2, 0) is 11.3 Å². The Bertz CT molecular complexity index is 1000. The lowest BCUT2D eigenvalue weighted by atomic mass is 10.0. The van der Waals surface area contributed by atoms with Crippen LogP contribution in [-0.4, -0.2) is 65.9 Å². The maximum Gasteiger partial charge on any atom is 0.271 e. The van der Waals surface area contributed by atoms with Crippen LogP contribution in [0.1, 0.15) is 24.8 Å². The number of para-hydroxylation sites is 1. The lowest BCUT2D eigenvalue weighted by molar-refractivity contribution is -0.129. The number of hydrogen-bond donors (Lipinski definition) is 1. The molecular weight excluding hydrogens is 402 g/mol. The monoisotopic (exact) mass is 429 g/mol. The summed E-state index contributed by atoms with van der Waals surface area (Å²) < 4.78 is 1.71. The zero-order valence-corrected chi connectivity index (χ0v) is 18.3. The van der Waals surface area contributed by atoms with Crippen molar-refractivity contribution >= 4 is 34.1 Å². The summed E-state index contributed by atoms with van der Waals surface area (Å²) in [5, 5.41) is 14.1. The summed E-state index contributed by atoms with van der Waals surface area (Å²) in [5.41, 5.74) is 1.33. The molecule has 0 unspecified atom stereocenters. The van der Waals surface area contributed by atoms with Crippen molar-refractivity contribution in [3.8, 4) is 6.07 Å². The van der Waals surface area contributed by atoms with Crippen LogP contribution in [0.5, 0.6) is 0 Å². The Morgan fingerprint density at radius 2 is 2.00 bits per heavy atom. The Labute approximate surface area is 181 Å². The Hall–Kier alpha value is -2.56. The number of piperidine rings is 1. The maximum atomic E-state index is 13.2. The van der Waals surface area contributed by atoms with Crippen LogP contribution >= 0.6 is 11.6 Å². The second-order valence-electron chi connectivity index (χ2n) is 7.93. The van der Waals surface area contributed by atoms with Crippen molar-refractivity contribution in [3.05, 3.63) is 40.2 Å². The van der Waals surface area contributed by atoms with E-state index in [-0.39, 0.29) is 29.0 Å². The number of nitrogens with zero attached hydrogens (tertiary/aromatic N) is 4. The molecule has 8 heteroatoms. The average Bonchev–Trinajstić information content (AvgIpc) is 2.75. The van der Waals surface area contributed by atoms with Crippen LogP contribution in [0.15, 0.2) is 29.1 Å². The Morgan fingerprint density at radius 1 is 1.30 bits per heavy atom. The Kier molecular flexibility index (Phi) is 7.35. The lowest BCUT2D eigenvalue weighted by Crippen LogP contribution is -2.43. The predicted octanol–water partition coefficient (Wildman–Crippen LogP) is 2.47. The van der Waals surface area contributed by atoms with Crippen molar-refractivity contribution in [3.63, 3.8) is 0 Å². The highest BCUT2D eigenvalue weighted by Crippen LogP contribution is 2.27. The summed E-state index contributed by atoms with van der Waals surface area (Å²) in [6.07, 6.45) is 2.31. The van der Waals surface area contributed by atoms with E-state index in [1.54, 1.807) is 9.47 Å². The first-order valence-electron chi connectivity index (χ1n) is 10.3. The molecule has 0 spiro atoms. The van der Waals surface area contributed by atoms with Crippen molar-refractivity contribution < 1.29 is 4.79 Å². The third-order valence-corrected chi connectivity index (χ3v) is 5.81. The van der Waals surface area contributed by atoms with E-state index >= 15 is 0 Å². The summed E-state index contributed by atoms with van der Waals surface area (Å²) >= 11 is 5.66. The van der Waals surface area contributed by atoms with Gasteiger partial charge in [-0.15, -0.1) is 11.6 Å². The fourth-order valence-electron chi connectivity index (χ4n) is 3.99. The van der Waals surface area contributed by atoms with Gasteiger partial charge in [0.1, 0.15) is 17.5 Å². The Balaban J connectivity index is 1.91. The van der Waals surface area contributed by atoms with Crippen LogP contribution in [0.2, 0.25) is 0 Å². The second kappa shape index (κ2) is 9.96. The second-order valence-corrected chi connectivity index (χ2v) is 8.19. The smallest absolute Gasteiger partial charge is 0.271 e. The number of likely N-dealkylation sites (tertiary alicyclic amines) is 1. The summed E-state index contributed by atoms with van der Waals surface area (Å²) in [4.78, 5) is 28.8. The molecule has 1 saturated heterocycles. The third-order valence-electron chi connectivity index (χ3n) is 5.58. The van der Waals surface area contributed by atoms with Crippen molar-refractivity contribution in [2.75, 3.05) is 44.9 Å². The van der Waals surface area contributed by atoms with Gasteiger partial charge in [0.15, 0.2) is 0 Å². The number of alkyl halides is 1. The number of rotatable bonds is 7. The highest BCUT2D eigenvalue weighted by atomic mass is 35.5. The largest absolute Gasteiger partial charge is 0.380 e.